The highest BCUT2D eigenvalue weighted by atomic mass is 16.5. The van der Waals surface area contributed by atoms with E-state index in [2.05, 4.69) is 6.07 Å². The number of rotatable bonds is 4. The molecule has 0 radical (unpaired) electrons. The Balaban J connectivity index is 2.15. The van der Waals surface area contributed by atoms with E-state index in [1.54, 1.807) is 13.8 Å². The lowest BCUT2D eigenvalue weighted by Crippen LogP contribution is -2.28. The van der Waals surface area contributed by atoms with E-state index in [4.69, 9.17) is 9.47 Å². The van der Waals surface area contributed by atoms with Crippen molar-refractivity contribution < 1.29 is 19.1 Å². The third-order valence-electron chi connectivity index (χ3n) is 4.07. The number of hydrogen-bond acceptors (Lipinski definition) is 5. The SMILES string of the molecule is CCOC(=O)C1CCC2C(C(=O)OCC)C12C#N. The van der Waals surface area contributed by atoms with Crippen LogP contribution >= 0.6 is 0 Å². The number of carbonyl (C=O) groups is 2. The maximum absolute atomic E-state index is 11.8. The Morgan fingerprint density at radius 1 is 1.22 bits per heavy atom. The molecule has 2 rings (SSSR count). The average molecular weight is 251 g/mol. The molecule has 0 spiro atoms. The molecule has 5 nitrogen and oxygen atoms in total. The molecule has 0 aromatic rings. The van der Waals surface area contributed by atoms with Gasteiger partial charge in [0.2, 0.25) is 0 Å². The van der Waals surface area contributed by atoms with Crippen molar-refractivity contribution in [2.75, 3.05) is 13.2 Å². The van der Waals surface area contributed by atoms with Crippen molar-refractivity contribution in [1.29, 1.82) is 5.26 Å². The van der Waals surface area contributed by atoms with Crippen LogP contribution in [0.25, 0.3) is 0 Å². The van der Waals surface area contributed by atoms with E-state index < -0.39 is 17.3 Å². The lowest BCUT2D eigenvalue weighted by atomic mass is 9.88. The molecular formula is C13H17NO4. The van der Waals surface area contributed by atoms with Crippen molar-refractivity contribution in [3.63, 3.8) is 0 Å². The van der Waals surface area contributed by atoms with Gasteiger partial charge >= 0.3 is 11.9 Å². The van der Waals surface area contributed by atoms with Crippen LogP contribution in [-0.4, -0.2) is 25.2 Å². The van der Waals surface area contributed by atoms with Crippen LogP contribution in [0.15, 0.2) is 0 Å². The minimum Gasteiger partial charge on any atom is -0.466 e. The lowest BCUT2D eigenvalue weighted by molar-refractivity contribution is -0.151. The fourth-order valence-corrected chi connectivity index (χ4v) is 3.32. The smallest absolute Gasteiger partial charge is 0.310 e. The van der Waals surface area contributed by atoms with Gasteiger partial charge in [-0.2, -0.15) is 5.26 Å². The summed E-state index contributed by atoms with van der Waals surface area (Å²) in [5.41, 5.74) is -0.863. The molecule has 2 aliphatic carbocycles. The van der Waals surface area contributed by atoms with Gasteiger partial charge < -0.3 is 9.47 Å². The quantitative estimate of drug-likeness (QED) is 0.703. The van der Waals surface area contributed by atoms with Gasteiger partial charge in [-0.1, -0.05) is 0 Å². The number of nitrogens with zero attached hydrogens (tertiary/aromatic N) is 1. The van der Waals surface area contributed by atoms with Crippen molar-refractivity contribution in [1.82, 2.24) is 0 Å². The van der Waals surface area contributed by atoms with Crippen molar-refractivity contribution in [3.05, 3.63) is 0 Å². The number of ether oxygens (including phenoxy) is 2. The molecular weight excluding hydrogens is 234 g/mol. The highest BCUT2D eigenvalue weighted by Crippen LogP contribution is 2.71. The topological polar surface area (TPSA) is 76.4 Å². The van der Waals surface area contributed by atoms with Gasteiger partial charge in [-0.25, -0.2) is 0 Å². The van der Waals surface area contributed by atoms with Crippen LogP contribution in [0.5, 0.6) is 0 Å². The van der Waals surface area contributed by atoms with E-state index in [1.165, 1.54) is 0 Å². The third kappa shape index (κ3) is 1.59. The van der Waals surface area contributed by atoms with Gasteiger partial charge in [-0.15, -0.1) is 0 Å². The van der Waals surface area contributed by atoms with Crippen molar-refractivity contribution in [3.8, 4) is 6.07 Å². The molecule has 0 saturated heterocycles. The van der Waals surface area contributed by atoms with E-state index in [-0.39, 0.29) is 17.9 Å². The molecule has 0 heterocycles. The second kappa shape index (κ2) is 4.60. The Kier molecular flexibility index (Phi) is 3.29. The molecule has 2 aliphatic rings. The van der Waals surface area contributed by atoms with Gasteiger partial charge in [0.1, 0.15) is 0 Å². The monoisotopic (exact) mass is 251 g/mol. The number of nitriles is 1. The predicted octanol–water partition coefficient (Wildman–Crippen LogP) is 1.28. The fourth-order valence-electron chi connectivity index (χ4n) is 3.32. The molecule has 0 aliphatic heterocycles. The molecule has 5 heteroatoms. The van der Waals surface area contributed by atoms with Crippen molar-refractivity contribution in [2.45, 2.75) is 26.7 Å². The number of esters is 2. The Hall–Kier alpha value is -1.57. The molecule has 0 amide bonds. The number of carbonyl (C=O) groups excluding carboxylic acids is 2. The zero-order valence-corrected chi connectivity index (χ0v) is 10.6. The van der Waals surface area contributed by atoms with Crippen LogP contribution in [0.1, 0.15) is 26.7 Å². The molecule has 18 heavy (non-hydrogen) atoms. The van der Waals surface area contributed by atoms with E-state index >= 15 is 0 Å². The Morgan fingerprint density at radius 3 is 2.39 bits per heavy atom. The molecule has 2 fully saturated rings. The maximum atomic E-state index is 11.8. The molecule has 0 bridgehead atoms. The first-order chi connectivity index (χ1) is 8.63. The number of fused-ring (bicyclic) bond motifs is 1. The summed E-state index contributed by atoms with van der Waals surface area (Å²) in [6.07, 6.45) is 1.35. The summed E-state index contributed by atoms with van der Waals surface area (Å²) < 4.78 is 9.97. The molecule has 2 saturated carbocycles. The summed E-state index contributed by atoms with van der Waals surface area (Å²) in [6, 6.07) is 2.19. The summed E-state index contributed by atoms with van der Waals surface area (Å²) in [6.45, 7) is 4.07. The van der Waals surface area contributed by atoms with Crippen LogP contribution in [0.4, 0.5) is 0 Å². The fraction of sp³-hybridized carbons (Fsp3) is 0.769. The molecule has 0 aromatic heterocycles. The van der Waals surface area contributed by atoms with Gasteiger partial charge in [-0.3, -0.25) is 9.59 Å². The van der Waals surface area contributed by atoms with E-state index in [9.17, 15) is 14.9 Å². The largest absolute Gasteiger partial charge is 0.466 e. The highest BCUT2D eigenvalue weighted by Gasteiger charge is 2.77. The van der Waals surface area contributed by atoms with Crippen molar-refractivity contribution >= 4 is 11.9 Å². The lowest BCUT2D eigenvalue weighted by Gasteiger charge is -2.17. The van der Waals surface area contributed by atoms with Crippen LogP contribution in [0, 0.1) is 34.5 Å². The number of hydrogen-bond donors (Lipinski definition) is 0. The molecule has 0 aromatic carbocycles. The predicted molar refractivity (Wildman–Crippen MR) is 61.0 cm³/mol. The Bertz CT molecular complexity index is 414. The zero-order chi connectivity index (χ0) is 13.3. The Labute approximate surface area is 106 Å². The van der Waals surface area contributed by atoms with Gasteiger partial charge in [-0.05, 0) is 32.6 Å². The standard InChI is InChI=1S/C13H17NO4/c1-3-17-11(15)9-6-5-8-10(12(16)18-4-2)13(8,9)7-14/h8-10H,3-6H2,1-2H3. The van der Waals surface area contributed by atoms with Gasteiger partial charge in [0.15, 0.2) is 0 Å². The normalized spacial score (nSPS) is 36.4. The van der Waals surface area contributed by atoms with Gasteiger partial charge in [0, 0.05) is 0 Å². The van der Waals surface area contributed by atoms with Crippen LogP contribution < -0.4 is 0 Å². The first kappa shape index (κ1) is 12.9. The van der Waals surface area contributed by atoms with Gasteiger partial charge in [0.05, 0.1) is 36.5 Å². The summed E-state index contributed by atoms with van der Waals surface area (Å²) in [7, 11) is 0. The van der Waals surface area contributed by atoms with E-state index in [0.717, 1.165) is 6.42 Å². The highest BCUT2D eigenvalue weighted by molar-refractivity contribution is 5.84. The van der Waals surface area contributed by atoms with Gasteiger partial charge in [0.25, 0.3) is 0 Å². The first-order valence-corrected chi connectivity index (χ1v) is 6.37. The van der Waals surface area contributed by atoms with Crippen LogP contribution in [0.2, 0.25) is 0 Å². The minimum absolute atomic E-state index is 0.0315. The third-order valence-corrected chi connectivity index (χ3v) is 4.07. The molecule has 98 valence electrons. The summed E-state index contributed by atoms with van der Waals surface area (Å²) in [4.78, 5) is 23.6. The maximum Gasteiger partial charge on any atom is 0.310 e. The minimum atomic E-state index is -0.863. The molecule has 4 atom stereocenters. The Morgan fingerprint density at radius 2 is 1.83 bits per heavy atom. The summed E-state index contributed by atoms with van der Waals surface area (Å²) in [5.74, 6) is -1.64. The van der Waals surface area contributed by atoms with Crippen LogP contribution in [-0.2, 0) is 19.1 Å². The van der Waals surface area contributed by atoms with E-state index in [1.807, 2.05) is 0 Å². The zero-order valence-electron chi connectivity index (χ0n) is 10.6. The molecule has 4 unspecified atom stereocenters. The second-order valence-corrected chi connectivity index (χ2v) is 4.76. The first-order valence-electron chi connectivity index (χ1n) is 6.37. The second-order valence-electron chi connectivity index (χ2n) is 4.76. The van der Waals surface area contributed by atoms with Crippen molar-refractivity contribution in [2.24, 2.45) is 23.2 Å². The summed E-state index contributed by atoms with van der Waals surface area (Å²) >= 11 is 0. The summed E-state index contributed by atoms with van der Waals surface area (Å²) in [5, 5.41) is 9.38. The molecule has 0 N–H and O–H groups in total. The average Bonchev–Trinajstić information content (AvgIpc) is 2.85. The van der Waals surface area contributed by atoms with Crippen LogP contribution in [0.3, 0.4) is 0 Å². The van der Waals surface area contributed by atoms with E-state index in [0.29, 0.717) is 19.6 Å².